The number of aliphatic hydroxyl groups is 2. The Morgan fingerprint density at radius 2 is 1.57 bits per heavy atom. The average Bonchev–Trinajstić information content (AvgIpc) is 3.22. The largest absolute Gasteiger partial charge is 0.481 e. The fourth-order valence-electron chi connectivity index (χ4n) is 3.42. The number of carboxylic acid groups (broad SMARTS) is 1. The van der Waals surface area contributed by atoms with E-state index >= 15 is 0 Å². The highest BCUT2D eigenvalue weighted by atomic mass is 19.1. The first-order valence-corrected chi connectivity index (χ1v) is 10.7. The van der Waals surface area contributed by atoms with Crippen LogP contribution >= 0.6 is 0 Å². The van der Waals surface area contributed by atoms with E-state index in [4.69, 9.17) is 5.11 Å². The number of tetrazole rings is 1. The van der Waals surface area contributed by atoms with Crippen molar-refractivity contribution in [2.75, 3.05) is 0 Å². The van der Waals surface area contributed by atoms with Crippen LogP contribution in [-0.4, -0.2) is 53.7 Å². The van der Waals surface area contributed by atoms with Crippen LogP contribution < -0.4 is 0 Å². The highest BCUT2D eigenvalue weighted by Crippen LogP contribution is 2.32. The molecule has 2 atom stereocenters. The number of aromatic nitrogens is 4. The van der Waals surface area contributed by atoms with Crippen LogP contribution in [0.15, 0.2) is 72.8 Å². The first kappa shape index (κ1) is 25.6. The Bertz CT molecular complexity index is 1190. The number of rotatable bonds is 10. The maximum atomic E-state index is 13.6. The fraction of sp³-hybridized carbons (Fsp3) is 0.200. The summed E-state index contributed by atoms with van der Waals surface area (Å²) < 4.78 is 28.7. The minimum Gasteiger partial charge on any atom is -0.481 e. The number of carboxylic acids is 1. The van der Waals surface area contributed by atoms with Crippen LogP contribution in [-0.2, 0) is 11.8 Å². The number of aliphatic carboxylic acids is 1. The van der Waals surface area contributed by atoms with E-state index in [9.17, 15) is 23.8 Å². The summed E-state index contributed by atoms with van der Waals surface area (Å²) in [5.41, 5.74) is 2.44. The number of nitrogens with zero attached hydrogens (tertiary/aromatic N) is 4. The zero-order valence-electron chi connectivity index (χ0n) is 18.8. The molecule has 3 aromatic rings. The summed E-state index contributed by atoms with van der Waals surface area (Å²) in [5.74, 6) is -1.59. The second-order valence-corrected chi connectivity index (χ2v) is 7.73. The van der Waals surface area contributed by atoms with Gasteiger partial charge in [0.25, 0.3) is 0 Å². The van der Waals surface area contributed by atoms with Gasteiger partial charge in [0.2, 0.25) is 0 Å². The molecule has 35 heavy (non-hydrogen) atoms. The molecule has 8 nitrogen and oxygen atoms in total. The minimum absolute atomic E-state index is 0.136. The highest BCUT2D eigenvalue weighted by molar-refractivity contribution is 6.00. The number of benzene rings is 2. The fourth-order valence-corrected chi connectivity index (χ4v) is 3.42. The third-order valence-electron chi connectivity index (χ3n) is 5.03. The van der Waals surface area contributed by atoms with Crippen LogP contribution in [0.1, 0.15) is 29.8 Å². The van der Waals surface area contributed by atoms with E-state index in [1.54, 1.807) is 43.5 Å². The van der Waals surface area contributed by atoms with Crippen molar-refractivity contribution < 1.29 is 28.9 Å². The lowest BCUT2D eigenvalue weighted by atomic mass is 9.92. The van der Waals surface area contributed by atoms with Crippen LogP contribution in [0.3, 0.4) is 0 Å². The zero-order valence-corrected chi connectivity index (χ0v) is 18.8. The number of carbonyl (C=O) groups is 1. The van der Waals surface area contributed by atoms with Gasteiger partial charge in [-0.2, -0.15) is 0 Å². The van der Waals surface area contributed by atoms with Crippen molar-refractivity contribution in [2.45, 2.75) is 25.0 Å². The van der Waals surface area contributed by atoms with Crippen molar-refractivity contribution in [1.29, 1.82) is 0 Å². The average molecular weight is 482 g/mol. The number of hydrogen-bond acceptors (Lipinski definition) is 6. The van der Waals surface area contributed by atoms with Crippen molar-refractivity contribution in [3.8, 4) is 0 Å². The molecule has 2 aromatic carbocycles. The van der Waals surface area contributed by atoms with E-state index in [0.29, 0.717) is 28.1 Å². The Morgan fingerprint density at radius 1 is 1.00 bits per heavy atom. The Labute approximate surface area is 200 Å². The van der Waals surface area contributed by atoms with E-state index in [1.807, 2.05) is 0 Å². The van der Waals surface area contributed by atoms with Crippen molar-refractivity contribution >= 4 is 17.1 Å². The van der Waals surface area contributed by atoms with Crippen LogP contribution in [0.2, 0.25) is 0 Å². The molecule has 0 saturated carbocycles. The third-order valence-corrected chi connectivity index (χ3v) is 5.03. The van der Waals surface area contributed by atoms with Crippen molar-refractivity contribution in [1.82, 2.24) is 20.2 Å². The topological polar surface area (TPSA) is 121 Å². The SMILES string of the molecule is Cn1nnnc1C(/C=C/C=C/[C@@H](O)C[C@@H](O)CC(=O)O)=C(c1ccc(F)cc1)c1ccc(F)cc1. The first-order valence-electron chi connectivity index (χ1n) is 10.7. The molecule has 3 rings (SSSR count). The zero-order chi connectivity index (χ0) is 25.4. The summed E-state index contributed by atoms with van der Waals surface area (Å²) in [6.45, 7) is 0. The molecule has 0 aliphatic heterocycles. The van der Waals surface area contributed by atoms with Crippen molar-refractivity contribution in [3.05, 3.63) is 101 Å². The molecule has 0 spiro atoms. The monoisotopic (exact) mass is 482 g/mol. The highest BCUT2D eigenvalue weighted by Gasteiger charge is 2.17. The lowest BCUT2D eigenvalue weighted by Crippen LogP contribution is -2.19. The van der Waals surface area contributed by atoms with Gasteiger partial charge in [-0.1, -0.05) is 48.6 Å². The van der Waals surface area contributed by atoms with E-state index in [2.05, 4.69) is 15.5 Å². The maximum Gasteiger partial charge on any atom is 0.305 e. The molecule has 1 aromatic heterocycles. The molecular formula is C25H24F2N4O4. The van der Waals surface area contributed by atoms with Crippen LogP contribution in [0.4, 0.5) is 8.78 Å². The minimum atomic E-state index is -1.18. The Morgan fingerprint density at radius 3 is 2.06 bits per heavy atom. The Kier molecular flexibility index (Phi) is 8.71. The maximum absolute atomic E-state index is 13.6. The van der Waals surface area contributed by atoms with E-state index in [0.717, 1.165) is 0 Å². The molecule has 1 heterocycles. The molecule has 0 fully saturated rings. The summed E-state index contributed by atoms with van der Waals surface area (Å²) >= 11 is 0. The van der Waals surface area contributed by atoms with Crippen molar-refractivity contribution in [2.24, 2.45) is 7.05 Å². The number of hydrogen-bond donors (Lipinski definition) is 3. The third kappa shape index (κ3) is 7.23. The van der Waals surface area contributed by atoms with Gasteiger partial charge in [-0.15, -0.1) is 5.10 Å². The van der Waals surface area contributed by atoms with Gasteiger partial charge in [0.05, 0.1) is 18.6 Å². The molecule has 0 unspecified atom stereocenters. The molecule has 0 amide bonds. The number of aliphatic hydroxyl groups excluding tert-OH is 2. The smallest absolute Gasteiger partial charge is 0.305 e. The molecule has 0 radical (unpaired) electrons. The van der Waals surface area contributed by atoms with Gasteiger partial charge in [0.15, 0.2) is 5.82 Å². The lowest BCUT2D eigenvalue weighted by molar-refractivity contribution is -0.139. The van der Waals surface area contributed by atoms with Gasteiger partial charge >= 0.3 is 5.97 Å². The van der Waals surface area contributed by atoms with Gasteiger partial charge in [0, 0.05) is 19.0 Å². The predicted octanol–water partition coefficient (Wildman–Crippen LogP) is 3.15. The molecule has 0 saturated heterocycles. The Hall–Kier alpha value is -4.02. The molecule has 3 N–H and O–H groups in total. The molecule has 10 heteroatoms. The number of aryl methyl sites for hydroxylation is 1. The standard InChI is InChI=1S/C25H24F2N4O4/c1-31-25(28-29-30-31)22(5-3-2-4-20(32)14-21(33)15-23(34)35)24(16-6-10-18(26)11-7-16)17-8-12-19(27)13-9-17/h2-13,20-21,32-33H,14-15H2,1H3,(H,34,35)/b4-2+,5-3+/t20-,21-/m1/s1. The van der Waals surface area contributed by atoms with Crippen molar-refractivity contribution in [3.63, 3.8) is 0 Å². The Balaban J connectivity index is 2.03. The van der Waals surface area contributed by atoms with Crippen LogP contribution in [0.5, 0.6) is 0 Å². The molecule has 0 aliphatic rings. The second-order valence-electron chi connectivity index (χ2n) is 7.73. The molecule has 0 aliphatic carbocycles. The predicted molar refractivity (Wildman–Crippen MR) is 125 cm³/mol. The molecular weight excluding hydrogens is 458 g/mol. The number of allylic oxidation sites excluding steroid dienone is 4. The summed E-state index contributed by atoms with van der Waals surface area (Å²) in [4.78, 5) is 10.7. The first-order chi connectivity index (χ1) is 16.7. The van der Waals surface area contributed by atoms with E-state index in [-0.39, 0.29) is 6.42 Å². The lowest BCUT2D eigenvalue weighted by Gasteiger charge is -2.14. The van der Waals surface area contributed by atoms with Gasteiger partial charge in [0.1, 0.15) is 11.6 Å². The quantitative estimate of drug-likeness (QED) is 0.380. The second kappa shape index (κ2) is 11.9. The van der Waals surface area contributed by atoms with E-state index < -0.39 is 36.2 Å². The summed E-state index contributed by atoms with van der Waals surface area (Å²) in [7, 11) is 1.65. The van der Waals surface area contributed by atoms with E-state index in [1.165, 1.54) is 41.1 Å². The van der Waals surface area contributed by atoms with Crippen LogP contribution in [0.25, 0.3) is 11.1 Å². The summed E-state index contributed by atoms with van der Waals surface area (Å²) in [6.07, 6.45) is 3.40. The number of halogens is 2. The van der Waals surface area contributed by atoms with Gasteiger partial charge in [-0.25, -0.2) is 13.5 Å². The summed E-state index contributed by atoms with van der Waals surface area (Å²) in [5, 5.41) is 40.1. The van der Waals surface area contributed by atoms with Crippen LogP contribution in [0, 0.1) is 11.6 Å². The van der Waals surface area contributed by atoms with Gasteiger partial charge in [-0.3, -0.25) is 4.79 Å². The molecule has 0 bridgehead atoms. The normalized spacial score (nSPS) is 13.3. The van der Waals surface area contributed by atoms with Gasteiger partial charge < -0.3 is 15.3 Å². The molecule has 182 valence electrons. The summed E-state index contributed by atoms with van der Waals surface area (Å²) in [6, 6.07) is 11.6. The van der Waals surface area contributed by atoms with Gasteiger partial charge in [-0.05, 0) is 51.4 Å².